The van der Waals surface area contributed by atoms with Gasteiger partial charge in [-0.05, 0) is 49.2 Å². The van der Waals surface area contributed by atoms with Crippen LogP contribution in [0.15, 0.2) is 42.6 Å². The van der Waals surface area contributed by atoms with E-state index in [2.05, 4.69) is 45.7 Å². The predicted molar refractivity (Wildman–Crippen MR) is 98.8 cm³/mol. The molecule has 1 heterocycles. The molecule has 0 aliphatic rings. The summed E-state index contributed by atoms with van der Waals surface area (Å²) in [6.07, 6.45) is 1.57. The number of nitrogens with zero attached hydrogens (tertiary/aromatic N) is 3. The molecule has 0 amide bonds. The molecule has 0 bridgehead atoms. The van der Waals surface area contributed by atoms with Gasteiger partial charge in [-0.25, -0.2) is 0 Å². The number of aromatic nitrogens is 3. The molecule has 2 N–H and O–H groups in total. The number of anilines is 4. The van der Waals surface area contributed by atoms with E-state index in [-0.39, 0.29) is 0 Å². The third kappa shape index (κ3) is 3.93. The summed E-state index contributed by atoms with van der Waals surface area (Å²) < 4.78 is 0. The van der Waals surface area contributed by atoms with Crippen LogP contribution in [0, 0.1) is 13.8 Å². The predicted octanol–water partition coefficient (Wildman–Crippen LogP) is 5.28. The molecular formula is C17H15Cl2N5. The highest BCUT2D eigenvalue weighted by Gasteiger charge is 2.06. The van der Waals surface area contributed by atoms with Crippen LogP contribution in [0.25, 0.3) is 0 Å². The lowest BCUT2D eigenvalue weighted by Gasteiger charge is -2.11. The molecule has 0 saturated carbocycles. The third-order valence-electron chi connectivity index (χ3n) is 3.54. The number of halogens is 2. The van der Waals surface area contributed by atoms with Gasteiger partial charge in [-0.3, -0.25) is 0 Å². The van der Waals surface area contributed by atoms with E-state index in [1.807, 2.05) is 12.1 Å². The quantitative estimate of drug-likeness (QED) is 0.663. The fourth-order valence-corrected chi connectivity index (χ4v) is 2.72. The standard InChI is InChI=1S/C17H15Cl2N5/c1-10-4-3-5-15(11(10)2)22-16-9-20-24-17(23-16)21-14-7-12(18)6-13(19)8-14/h3-9H,1-2H3,(H2,21,22,23,24). The minimum Gasteiger partial charge on any atom is -0.339 e. The Hall–Kier alpha value is -2.37. The van der Waals surface area contributed by atoms with Crippen LogP contribution >= 0.6 is 23.2 Å². The molecule has 0 spiro atoms. The Morgan fingerprint density at radius 2 is 1.71 bits per heavy atom. The first-order chi connectivity index (χ1) is 11.5. The van der Waals surface area contributed by atoms with Gasteiger partial charge in [0.1, 0.15) is 0 Å². The van der Waals surface area contributed by atoms with Gasteiger partial charge >= 0.3 is 0 Å². The SMILES string of the molecule is Cc1cccc(Nc2cnnc(Nc3cc(Cl)cc(Cl)c3)n2)c1C. The van der Waals surface area contributed by atoms with Gasteiger partial charge in [-0.1, -0.05) is 35.3 Å². The molecule has 3 rings (SSSR count). The summed E-state index contributed by atoms with van der Waals surface area (Å²) in [6, 6.07) is 11.2. The van der Waals surface area contributed by atoms with Crippen molar-refractivity contribution < 1.29 is 0 Å². The van der Waals surface area contributed by atoms with Gasteiger partial charge in [-0.2, -0.15) is 10.1 Å². The van der Waals surface area contributed by atoms with Crippen LogP contribution < -0.4 is 10.6 Å². The zero-order valence-electron chi connectivity index (χ0n) is 13.1. The first-order valence-corrected chi connectivity index (χ1v) is 8.03. The maximum absolute atomic E-state index is 5.99. The molecule has 1 aromatic heterocycles. The van der Waals surface area contributed by atoms with Crippen molar-refractivity contribution in [2.75, 3.05) is 10.6 Å². The summed E-state index contributed by atoms with van der Waals surface area (Å²) in [5.74, 6) is 0.943. The Balaban J connectivity index is 1.82. The summed E-state index contributed by atoms with van der Waals surface area (Å²) in [5.41, 5.74) is 4.03. The van der Waals surface area contributed by atoms with E-state index in [1.165, 1.54) is 5.56 Å². The Labute approximate surface area is 150 Å². The molecule has 24 heavy (non-hydrogen) atoms. The van der Waals surface area contributed by atoms with E-state index in [9.17, 15) is 0 Å². The summed E-state index contributed by atoms with van der Waals surface area (Å²) in [5, 5.41) is 15.3. The molecule has 0 atom stereocenters. The molecule has 3 aromatic rings. The Kier molecular flexibility index (Phi) is 4.83. The van der Waals surface area contributed by atoms with Gasteiger partial charge in [0.15, 0.2) is 5.82 Å². The van der Waals surface area contributed by atoms with Crippen molar-refractivity contribution in [3.8, 4) is 0 Å². The lowest BCUT2D eigenvalue weighted by Crippen LogP contribution is -2.03. The summed E-state index contributed by atoms with van der Waals surface area (Å²) in [6.45, 7) is 4.12. The molecule has 0 aliphatic carbocycles. The third-order valence-corrected chi connectivity index (χ3v) is 3.98. The summed E-state index contributed by atoms with van der Waals surface area (Å²) in [7, 11) is 0. The topological polar surface area (TPSA) is 62.7 Å². The van der Waals surface area contributed by atoms with E-state index in [0.717, 1.165) is 11.3 Å². The lowest BCUT2D eigenvalue weighted by atomic mass is 10.1. The Morgan fingerprint density at radius 3 is 2.46 bits per heavy atom. The van der Waals surface area contributed by atoms with Crippen molar-refractivity contribution in [2.45, 2.75) is 13.8 Å². The molecule has 2 aromatic carbocycles. The van der Waals surface area contributed by atoms with Crippen LogP contribution in [0.2, 0.25) is 10.0 Å². The van der Waals surface area contributed by atoms with Gasteiger partial charge in [0.05, 0.1) is 6.20 Å². The van der Waals surface area contributed by atoms with Crippen LogP contribution in [-0.4, -0.2) is 15.2 Å². The van der Waals surface area contributed by atoms with Crippen molar-refractivity contribution in [3.63, 3.8) is 0 Å². The second-order valence-corrected chi connectivity index (χ2v) is 6.19. The van der Waals surface area contributed by atoms with Gasteiger partial charge in [0.25, 0.3) is 0 Å². The van der Waals surface area contributed by atoms with Gasteiger partial charge in [0.2, 0.25) is 5.95 Å². The first kappa shape index (κ1) is 16.5. The average molecular weight is 360 g/mol. The van der Waals surface area contributed by atoms with Crippen LogP contribution in [0.3, 0.4) is 0 Å². The molecule has 7 heteroatoms. The Morgan fingerprint density at radius 1 is 0.958 bits per heavy atom. The molecule has 0 unspecified atom stereocenters. The number of hydrogen-bond donors (Lipinski definition) is 2. The first-order valence-electron chi connectivity index (χ1n) is 7.27. The molecular weight excluding hydrogens is 345 g/mol. The zero-order valence-corrected chi connectivity index (χ0v) is 14.7. The number of rotatable bonds is 4. The second-order valence-electron chi connectivity index (χ2n) is 5.32. The smallest absolute Gasteiger partial charge is 0.249 e. The van der Waals surface area contributed by atoms with E-state index >= 15 is 0 Å². The summed E-state index contributed by atoms with van der Waals surface area (Å²) >= 11 is 12.0. The minimum atomic E-state index is 0.351. The van der Waals surface area contributed by atoms with Crippen LogP contribution in [0.5, 0.6) is 0 Å². The fourth-order valence-electron chi connectivity index (χ4n) is 2.20. The number of nitrogens with one attached hydrogen (secondary N) is 2. The van der Waals surface area contributed by atoms with Crippen molar-refractivity contribution in [2.24, 2.45) is 0 Å². The summed E-state index contributed by atoms with van der Waals surface area (Å²) in [4.78, 5) is 4.41. The van der Waals surface area contributed by atoms with Gasteiger partial charge in [0, 0.05) is 21.4 Å². The van der Waals surface area contributed by atoms with Crippen molar-refractivity contribution in [3.05, 3.63) is 63.8 Å². The highest BCUT2D eigenvalue weighted by atomic mass is 35.5. The monoisotopic (exact) mass is 359 g/mol. The zero-order chi connectivity index (χ0) is 17.1. The molecule has 122 valence electrons. The van der Waals surface area contributed by atoms with Gasteiger partial charge in [-0.15, -0.1) is 5.10 Å². The number of benzene rings is 2. The maximum Gasteiger partial charge on any atom is 0.249 e. The lowest BCUT2D eigenvalue weighted by molar-refractivity contribution is 0.982. The molecule has 0 saturated heterocycles. The van der Waals surface area contributed by atoms with Crippen LogP contribution in [0.1, 0.15) is 11.1 Å². The number of aryl methyl sites for hydroxylation is 1. The van der Waals surface area contributed by atoms with Crippen molar-refractivity contribution in [1.29, 1.82) is 0 Å². The minimum absolute atomic E-state index is 0.351. The van der Waals surface area contributed by atoms with Crippen molar-refractivity contribution >= 4 is 46.3 Å². The van der Waals surface area contributed by atoms with Crippen molar-refractivity contribution in [1.82, 2.24) is 15.2 Å². The molecule has 0 radical (unpaired) electrons. The molecule has 0 aliphatic heterocycles. The highest BCUT2D eigenvalue weighted by Crippen LogP contribution is 2.25. The van der Waals surface area contributed by atoms with E-state index < -0.39 is 0 Å². The molecule has 0 fully saturated rings. The molecule has 5 nitrogen and oxygen atoms in total. The van der Waals surface area contributed by atoms with Crippen LogP contribution in [-0.2, 0) is 0 Å². The Bertz CT molecular complexity index is 862. The van der Waals surface area contributed by atoms with E-state index in [1.54, 1.807) is 24.4 Å². The fraction of sp³-hybridized carbons (Fsp3) is 0.118. The van der Waals surface area contributed by atoms with E-state index in [0.29, 0.717) is 27.5 Å². The average Bonchev–Trinajstić information content (AvgIpc) is 2.51. The highest BCUT2D eigenvalue weighted by molar-refractivity contribution is 6.35. The maximum atomic E-state index is 5.99. The number of hydrogen-bond acceptors (Lipinski definition) is 5. The van der Waals surface area contributed by atoms with Gasteiger partial charge < -0.3 is 10.6 Å². The second kappa shape index (κ2) is 7.03. The largest absolute Gasteiger partial charge is 0.339 e. The van der Waals surface area contributed by atoms with E-state index in [4.69, 9.17) is 23.2 Å². The van der Waals surface area contributed by atoms with Crippen LogP contribution in [0.4, 0.5) is 23.1 Å². The normalized spacial score (nSPS) is 10.5.